The van der Waals surface area contributed by atoms with E-state index in [4.69, 9.17) is 0 Å². The second-order valence-corrected chi connectivity index (χ2v) is 7.87. The molecule has 7 heteroatoms. The lowest BCUT2D eigenvalue weighted by Crippen LogP contribution is -2.58. The van der Waals surface area contributed by atoms with Gasteiger partial charge in [-0.3, -0.25) is 9.59 Å². The molecule has 2 aliphatic rings. The Balaban J connectivity index is 1.63. The number of thioether (sulfide) groups is 1. The fourth-order valence-electron chi connectivity index (χ4n) is 3.35. The predicted molar refractivity (Wildman–Crippen MR) is 95.0 cm³/mol. The minimum Gasteiger partial charge on any atom is -0.480 e. The molecule has 2 fully saturated rings. The van der Waals surface area contributed by atoms with Crippen molar-refractivity contribution in [3.05, 3.63) is 35.9 Å². The number of benzene rings is 1. The second-order valence-electron chi connectivity index (χ2n) is 6.65. The molecule has 2 N–H and O–H groups in total. The highest BCUT2D eigenvalue weighted by Crippen LogP contribution is 2.29. The molecule has 2 saturated heterocycles. The third kappa shape index (κ3) is 3.98. The maximum atomic E-state index is 12.6. The standard InChI is InChI=1S/C18H22N2O4S/c21-15-10-14(12-20(15)11-13-4-2-1-3-5-13)16(22)19-18(17(23)24)6-8-25-9-7-18/h1-5,14H,6-12H2,(H,19,22)(H,23,24). The molecule has 1 aromatic carbocycles. The Bertz CT molecular complexity index is 658. The van der Waals surface area contributed by atoms with Gasteiger partial charge in [0, 0.05) is 19.5 Å². The number of rotatable bonds is 5. The van der Waals surface area contributed by atoms with Crippen LogP contribution in [0.1, 0.15) is 24.8 Å². The third-order valence-corrected chi connectivity index (χ3v) is 5.91. The molecule has 0 bridgehead atoms. The van der Waals surface area contributed by atoms with Crippen LogP contribution in [0.5, 0.6) is 0 Å². The van der Waals surface area contributed by atoms with Gasteiger partial charge in [-0.15, -0.1) is 0 Å². The van der Waals surface area contributed by atoms with Crippen molar-refractivity contribution >= 4 is 29.5 Å². The number of hydrogen-bond donors (Lipinski definition) is 2. The second kappa shape index (κ2) is 7.47. The van der Waals surface area contributed by atoms with E-state index in [1.165, 1.54) is 0 Å². The van der Waals surface area contributed by atoms with Crippen LogP contribution in [-0.2, 0) is 20.9 Å². The summed E-state index contributed by atoms with van der Waals surface area (Å²) in [6.07, 6.45) is 0.989. The Morgan fingerprint density at radius 2 is 1.92 bits per heavy atom. The molecule has 1 aromatic rings. The fraction of sp³-hybridized carbons (Fsp3) is 0.500. The van der Waals surface area contributed by atoms with Gasteiger partial charge in [0.1, 0.15) is 5.54 Å². The van der Waals surface area contributed by atoms with Gasteiger partial charge in [-0.25, -0.2) is 4.79 Å². The average Bonchev–Trinajstić information content (AvgIpc) is 2.97. The highest BCUT2D eigenvalue weighted by molar-refractivity contribution is 7.99. The average molecular weight is 362 g/mol. The molecule has 2 heterocycles. The summed E-state index contributed by atoms with van der Waals surface area (Å²) in [6, 6.07) is 9.63. The molecule has 1 atom stereocenters. The lowest BCUT2D eigenvalue weighted by molar-refractivity contribution is -0.148. The largest absolute Gasteiger partial charge is 0.480 e. The number of aliphatic carboxylic acids is 1. The van der Waals surface area contributed by atoms with Gasteiger partial charge in [0.15, 0.2) is 0 Å². The highest BCUT2D eigenvalue weighted by Gasteiger charge is 2.44. The third-order valence-electron chi connectivity index (χ3n) is 4.92. The molecule has 0 saturated carbocycles. The molecule has 0 radical (unpaired) electrons. The van der Waals surface area contributed by atoms with Crippen LogP contribution in [0.4, 0.5) is 0 Å². The van der Waals surface area contributed by atoms with Gasteiger partial charge in [0.25, 0.3) is 0 Å². The van der Waals surface area contributed by atoms with Crippen molar-refractivity contribution in [2.75, 3.05) is 18.1 Å². The van der Waals surface area contributed by atoms with Crippen LogP contribution in [0.3, 0.4) is 0 Å². The Labute approximate surface area is 151 Å². The summed E-state index contributed by atoms with van der Waals surface area (Å²) in [7, 11) is 0. The monoisotopic (exact) mass is 362 g/mol. The normalized spacial score (nSPS) is 22.6. The van der Waals surface area contributed by atoms with Gasteiger partial charge in [-0.2, -0.15) is 11.8 Å². The van der Waals surface area contributed by atoms with Gasteiger partial charge in [0.05, 0.1) is 5.92 Å². The van der Waals surface area contributed by atoms with Crippen LogP contribution in [0.2, 0.25) is 0 Å². The number of carbonyl (C=O) groups is 3. The van der Waals surface area contributed by atoms with Gasteiger partial charge in [-0.1, -0.05) is 30.3 Å². The summed E-state index contributed by atoms with van der Waals surface area (Å²) in [5.74, 6) is -0.411. The van der Waals surface area contributed by atoms with E-state index in [9.17, 15) is 19.5 Å². The Morgan fingerprint density at radius 3 is 2.56 bits per heavy atom. The number of amides is 2. The number of likely N-dealkylation sites (tertiary alicyclic amines) is 1. The lowest BCUT2D eigenvalue weighted by Gasteiger charge is -2.34. The van der Waals surface area contributed by atoms with E-state index in [1.807, 2.05) is 30.3 Å². The molecule has 134 valence electrons. The first-order chi connectivity index (χ1) is 12.0. The topological polar surface area (TPSA) is 86.7 Å². The van der Waals surface area contributed by atoms with Gasteiger partial charge < -0.3 is 15.3 Å². The van der Waals surface area contributed by atoms with E-state index in [1.54, 1.807) is 16.7 Å². The number of hydrogen-bond acceptors (Lipinski definition) is 4. The van der Waals surface area contributed by atoms with E-state index in [-0.39, 0.29) is 18.2 Å². The lowest BCUT2D eigenvalue weighted by atomic mass is 9.91. The molecular formula is C18H22N2O4S. The van der Waals surface area contributed by atoms with Crippen LogP contribution in [0.15, 0.2) is 30.3 Å². The van der Waals surface area contributed by atoms with Crippen LogP contribution < -0.4 is 5.32 Å². The zero-order chi connectivity index (χ0) is 17.9. The van der Waals surface area contributed by atoms with Crippen LogP contribution in [-0.4, -0.2) is 51.4 Å². The predicted octanol–water partition coefficient (Wildman–Crippen LogP) is 1.50. The maximum absolute atomic E-state index is 12.6. The zero-order valence-electron chi connectivity index (χ0n) is 13.9. The van der Waals surface area contributed by atoms with E-state index < -0.39 is 17.4 Å². The zero-order valence-corrected chi connectivity index (χ0v) is 14.8. The summed E-state index contributed by atoms with van der Waals surface area (Å²) >= 11 is 1.70. The number of carboxylic acids is 1. The van der Waals surface area contributed by atoms with Crippen molar-refractivity contribution in [3.63, 3.8) is 0 Å². The SMILES string of the molecule is O=C(NC1(C(=O)O)CCSCC1)C1CC(=O)N(Cc2ccccc2)C1. The van der Waals surface area contributed by atoms with Crippen molar-refractivity contribution in [3.8, 4) is 0 Å². The summed E-state index contributed by atoms with van der Waals surface area (Å²) in [5, 5.41) is 12.3. The summed E-state index contributed by atoms with van der Waals surface area (Å²) in [6.45, 7) is 0.814. The number of carboxylic acid groups (broad SMARTS) is 1. The quantitative estimate of drug-likeness (QED) is 0.829. The number of nitrogens with zero attached hydrogens (tertiary/aromatic N) is 1. The first-order valence-corrected chi connectivity index (χ1v) is 9.60. The molecular weight excluding hydrogens is 340 g/mol. The van der Waals surface area contributed by atoms with Gasteiger partial charge >= 0.3 is 5.97 Å². The Morgan fingerprint density at radius 1 is 1.24 bits per heavy atom. The van der Waals surface area contributed by atoms with Crippen molar-refractivity contribution in [2.45, 2.75) is 31.3 Å². The Kier molecular flexibility index (Phi) is 5.32. The molecule has 0 aliphatic carbocycles. The van der Waals surface area contributed by atoms with Crippen molar-refractivity contribution in [1.82, 2.24) is 10.2 Å². The first-order valence-electron chi connectivity index (χ1n) is 8.45. The Hall–Kier alpha value is -2.02. The summed E-state index contributed by atoms with van der Waals surface area (Å²) < 4.78 is 0. The van der Waals surface area contributed by atoms with Crippen LogP contribution >= 0.6 is 11.8 Å². The number of carbonyl (C=O) groups excluding carboxylic acids is 2. The molecule has 2 amide bonds. The maximum Gasteiger partial charge on any atom is 0.329 e. The van der Waals surface area contributed by atoms with Crippen molar-refractivity contribution in [2.24, 2.45) is 5.92 Å². The molecule has 25 heavy (non-hydrogen) atoms. The molecule has 1 unspecified atom stereocenters. The van der Waals surface area contributed by atoms with E-state index in [0.29, 0.717) is 25.9 Å². The molecule has 3 rings (SSSR count). The highest BCUT2D eigenvalue weighted by atomic mass is 32.2. The van der Waals surface area contributed by atoms with Crippen molar-refractivity contribution in [1.29, 1.82) is 0 Å². The van der Waals surface area contributed by atoms with E-state index in [2.05, 4.69) is 5.32 Å². The summed E-state index contributed by atoms with van der Waals surface area (Å²) in [4.78, 5) is 38.2. The van der Waals surface area contributed by atoms with E-state index in [0.717, 1.165) is 17.1 Å². The fourth-order valence-corrected chi connectivity index (χ4v) is 4.54. The number of nitrogens with one attached hydrogen (secondary N) is 1. The minimum absolute atomic E-state index is 0.0624. The van der Waals surface area contributed by atoms with Crippen LogP contribution in [0, 0.1) is 5.92 Å². The summed E-state index contributed by atoms with van der Waals surface area (Å²) in [5.41, 5.74) is -0.165. The van der Waals surface area contributed by atoms with Crippen molar-refractivity contribution < 1.29 is 19.5 Å². The molecule has 2 aliphatic heterocycles. The first kappa shape index (κ1) is 17.8. The minimum atomic E-state index is -1.18. The van der Waals surface area contributed by atoms with Gasteiger partial charge in [-0.05, 0) is 29.9 Å². The molecule has 0 spiro atoms. The van der Waals surface area contributed by atoms with Crippen LogP contribution in [0.25, 0.3) is 0 Å². The molecule has 6 nitrogen and oxygen atoms in total. The van der Waals surface area contributed by atoms with Gasteiger partial charge in [0.2, 0.25) is 11.8 Å². The molecule has 0 aromatic heterocycles. The van der Waals surface area contributed by atoms with E-state index >= 15 is 0 Å². The smallest absolute Gasteiger partial charge is 0.329 e.